The van der Waals surface area contributed by atoms with Crippen molar-refractivity contribution in [3.05, 3.63) is 0 Å². The van der Waals surface area contributed by atoms with Gasteiger partial charge in [-0.15, -0.1) is 10.2 Å². The number of hydrogen-bond acceptors (Lipinski definition) is 9. The van der Waals surface area contributed by atoms with E-state index in [1.165, 1.54) is 0 Å². The van der Waals surface area contributed by atoms with Crippen LogP contribution in [0.2, 0.25) is 0 Å². The van der Waals surface area contributed by atoms with Gasteiger partial charge in [-0.2, -0.15) is 4.99 Å². The van der Waals surface area contributed by atoms with Gasteiger partial charge < -0.3 is 17.3 Å². The Kier molecular flexibility index (Phi) is 6.73. The quantitative estimate of drug-likeness (QED) is 0.101. The van der Waals surface area contributed by atoms with Gasteiger partial charge in [0.1, 0.15) is 0 Å². The first kappa shape index (κ1) is 15.6. The maximum absolute atomic E-state index is 8.48. The number of aliphatic imine (C=N–C) groups is 1. The second-order valence-electron chi connectivity index (χ2n) is 2.36. The molecule has 104 valence electrons. The minimum Gasteiger partial charge on any atom is -0.367 e. The maximum Gasteiger partial charge on any atom is 0.240 e. The zero-order valence-corrected chi connectivity index (χ0v) is 8.76. The van der Waals surface area contributed by atoms with Crippen LogP contribution in [0.25, 0.3) is 0 Å². The van der Waals surface area contributed by atoms with Crippen LogP contribution in [0.15, 0.2) is 15.2 Å². The van der Waals surface area contributed by atoms with E-state index in [4.69, 9.17) is 38.1 Å². The van der Waals surface area contributed by atoms with E-state index in [-0.39, 0.29) is 0 Å². The molecule has 0 aromatic heterocycles. The van der Waals surface area contributed by atoms with Gasteiger partial charge >= 0.3 is 0 Å². The average Bonchev–Trinajstić information content (AvgIpc) is 2.24. The van der Waals surface area contributed by atoms with Crippen molar-refractivity contribution in [1.29, 1.82) is 0 Å². The van der Waals surface area contributed by atoms with Gasteiger partial charge in [0.05, 0.1) is 0 Å². The summed E-state index contributed by atoms with van der Waals surface area (Å²) < 4.78 is 0. The Bertz CT molecular complexity index is 335. The third-order valence-corrected chi connectivity index (χ3v) is 1.06. The van der Waals surface area contributed by atoms with Gasteiger partial charge in [0.25, 0.3) is 0 Å². The van der Waals surface area contributed by atoms with Gasteiger partial charge in [0.15, 0.2) is 0 Å². The number of guanidine groups is 3. The molecule has 0 saturated heterocycles. The SMILES string of the molecule is NN=C(N)N=C(NN=C(N)NN(O)O)NN(O)O. The lowest BCUT2D eigenvalue weighted by Gasteiger charge is -2.12. The highest BCUT2D eigenvalue weighted by atomic mass is 16.8. The lowest BCUT2D eigenvalue weighted by atomic mass is 10.9. The summed E-state index contributed by atoms with van der Waals surface area (Å²) in [5, 5.41) is 38.9. The van der Waals surface area contributed by atoms with Crippen molar-refractivity contribution < 1.29 is 20.8 Å². The fourth-order valence-electron chi connectivity index (χ4n) is 0.554. The summed E-state index contributed by atoms with van der Waals surface area (Å²) in [6.45, 7) is 0. The number of rotatable bonds is 3. The summed E-state index contributed by atoms with van der Waals surface area (Å²) in [6, 6.07) is 0. The van der Waals surface area contributed by atoms with Crippen LogP contribution in [0.3, 0.4) is 0 Å². The van der Waals surface area contributed by atoms with E-state index < -0.39 is 28.5 Å². The predicted molar refractivity (Wildman–Crippen MR) is 55.1 cm³/mol. The van der Waals surface area contributed by atoms with Crippen molar-refractivity contribution in [2.45, 2.75) is 0 Å². The molecule has 15 heteroatoms. The monoisotopic (exact) mass is 267 g/mol. The Hall–Kier alpha value is -2.43. The van der Waals surface area contributed by atoms with Crippen LogP contribution >= 0.6 is 0 Å². The second-order valence-corrected chi connectivity index (χ2v) is 2.36. The topological polar surface area (TPSA) is 239 Å². The first-order valence-electron chi connectivity index (χ1n) is 3.95. The number of nitrogens with two attached hydrogens (primary N) is 3. The molecule has 0 aliphatic heterocycles. The predicted octanol–water partition coefficient (Wildman–Crippen LogP) is -4.48. The number of hydrogen-bond donors (Lipinski definition) is 10. The Balaban J connectivity index is 4.65. The van der Waals surface area contributed by atoms with Crippen LogP contribution in [-0.4, -0.2) is 49.4 Å². The van der Waals surface area contributed by atoms with Crippen LogP contribution < -0.4 is 33.6 Å². The van der Waals surface area contributed by atoms with Gasteiger partial charge in [-0.3, -0.25) is 20.8 Å². The first-order chi connectivity index (χ1) is 8.35. The van der Waals surface area contributed by atoms with Crippen LogP contribution in [0.5, 0.6) is 0 Å². The summed E-state index contributed by atoms with van der Waals surface area (Å²) >= 11 is 0. The zero-order chi connectivity index (χ0) is 14.1. The van der Waals surface area contributed by atoms with E-state index in [0.717, 1.165) is 0 Å². The van der Waals surface area contributed by atoms with Crippen molar-refractivity contribution in [2.24, 2.45) is 32.5 Å². The van der Waals surface area contributed by atoms with Gasteiger partial charge in [0, 0.05) is 10.7 Å². The zero-order valence-electron chi connectivity index (χ0n) is 8.76. The average molecular weight is 267 g/mol. The van der Waals surface area contributed by atoms with Crippen molar-refractivity contribution in [3.8, 4) is 0 Å². The molecule has 0 amide bonds. The summed E-state index contributed by atoms with van der Waals surface area (Å²) in [5.41, 5.74) is 15.8. The molecule has 0 unspecified atom stereocenters. The molecule has 0 aromatic carbocycles. The summed E-state index contributed by atoms with van der Waals surface area (Å²) in [6.07, 6.45) is 0. The van der Waals surface area contributed by atoms with Crippen LogP contribution in [0.1, 0.15) is 0 Å². The summed E-state index contributed by atoms with van der Waals surface area (Å²) in [7, 11) is 0. The highest BCUT2D eigenvalue weighted by Gasteiger charge is 2.03. The van der Waals surface area contributed by atoms with Gasteiger partial charge in [-0.05, 0) is 0 Å². The largest absolute Gasteiger partial charge is 0.367 e. The highest BCUT2D eigenvalue weighted by molar-refractivity contribution is 5.94. The van der Waals surface area contributed by atoms with Crippen LogP contribution in [-0.2, 0) is 0 Å². The number of nitrogens with zero attached hydrogens (tertiary/aromatic N) is 5. The Morgan fingerprint density at radius 2 is 1.56 bits per heavy atom. The third-order valence-electron chi connectivity index (χ3n) is 1.06. The molecule has 0 atom stereocenters. The highest BCUT2D eigenvalue weighted by Crippen LogP contribution is 1.75. The second kappa shape index (κ2) is 7.78. The number of hydrazine groups is 2. The van der Waals surface area contributed by atoms with Crippen molar-refractivity contribution in [3.63, 3.8) is 0 Å². The number of nitrogens with one attached hydrogen (secondary N) is 3. The van der Waals surface area contributed by atoms with E-state index >= 15 is 0 Å². The van der Waals surface area contributed by atoms with Crippen LogP contribution in [0, 0.1) is 0 Å². The van der Waals surface area contributed by atoms with Crippen molar-refractivity contribution in [2.75, 3.05) is 0 Å². The van der Waals surface area contributed by atoms with Crippen LogP contribution in [0.4, 0.5) is 0 Å². The molecule has 15 nitrogen and oxygen atoms in total. The molecule has 0 aliphatic carbocycles. The molecule has 0 rings (SSSR count). The third kappa shape index (κ3) is 7.81. The molecule has 0 spiro atoms. The fourth-order valence-corrected chi connectivity index (χ4v) is 0.554. The molecule has 0 radical (unpaired) electrons. The molecular formula is C3H13N11O4. The van der Waals surface area contributed by atoms with Gasteiger partial charge in [-0.1, -0.05) is 0 Å². The molecule has 0 aliphatic rings. The Morgan fingerprint density at radius 3 is 2.00 bits per heavy atom. The van der Waals surface area contributed by atoms with Gasteiger partial charge in [-0.25, -0.2) is 16.3 Å². The molecule has 13 N–H and O–H groups in total. The summed E-state index contributed by atoms with van der Waals surface area (Å²) in [4.78, 5) is 3.39. The Labute approximate surface area is 99.2 Å². The van der Waals surface area contributed by atoms with Crippen molar-refractivity contribution >= 4 is 17.9 Å². The molecule has 0 fully saturated rings. The number of hydrazone groups is 2. The molecule has 0 aromatic rings. The van der Waals surface area contributed by atoms with Crippen molar-refractivity contribution in [1.82, 2.24) is 26.9 Å². The van der Waals surface area contributed by atoms with Gasteiger partial charge in [0.2, 0.25) is 17.9 Å². The lowest BCUT2D eigenvalue weighted by Crippen LogP contribution is -2.47. The van der Waals surface area contributed by atoms with E-state index in [0.29, 0.717) is 0 Å². The molecular weight excluding hydrogens is 254 g/mol. The molecule has 0 bridgehead atoms. The maximum atomic E-state index is 8.48. The Morgan fingerprint density at radius 1 is 1.00 bits per heavy atom. The molecule has 0 saturated carbocycles. The first-order valence-corrected chi connectivity index (χ1v) is 3.95. The minimum atomic E-state index is -0.514. The summed E-state index contributed by atoms with van der Waals surface area (Å²) in [5.74, 6) is 3.40. The molecule has 18 heavy (non-hydrogen) atoms. The fraction of sp³-hybridized carbons (Fsp3) is 0. The molecule has 0 heterocycles. The van der Waals surface area contributed by atoms with E-state index in [9.17, 15) is 0 Å². The lowest BCUT2D eigenvalue weighted by molar-refractivity contribution is -0.330. The normalized spacial score (nSPS) is 14.0. The smallest absolute Gasteiger partial charge is 0.240 e. The minimum absolute atomic E-state index is 0.431. The standard InChI is InChI=1S/C3H13N11O4/c4-1(8-6)7-3(12-14(17)18)10-9-2(5)11-13(15)16/h15-18H,6H2,(H3,5,9,11)(H4,4,7,8,10,12). The van der Waals surface area contributed by atoms with E-state index in [1.807, 2.05) is 5.43 Å². The van der Waals surface area contributed by atoms with E-state index in [2.05, 4.69) is 15.2 Å². The van der Waals surface area contributed by atoms with E-state index in [1.54, 1.807) is 10.9 Å².